The lowest BCUT2D eigenvalue weighted by Crippen LogP contribution is -2.31. The Bertz CT molecular complexity index is 604. The van der Waals surface area contributed by atoms with Gasteiger partial charge in [0.25, 0.3) is 5.91 Å². The first-order valence-electron chi connectivity index (χ1n) is 7.16. The van der Waals surface area contributed by atoms with E-state index in [1.165, 1.54) is 16.9 Å². The lowest BCUT2D eigenvalue weighted by molar-refractivity contribution is 0.0930. The van der Waals surface area contributed by atoms with Crippen LogP contribution in [0.3, 0.4) is 0 Å². The number of aryl methyl sites for hydroxylation is 1. The molecule has 0 aliphatic heterocycles. The minimum Gasteiger partial charge on any atom is -0.344 e. The quantitative estimate of drug-likeness (QED) is 0.774. The molecule has 21 heavy (non-hydrogen) atoms. The summed E-state index contributed by atoms with van der Waals surface area (Å²) in [5, 5.41) is 3.15. The van der Waals surface area contributed by atoms with Crippen LogP contribution in [0.25, 0.3) is 0 Å². The smallest absolute Gasteiger partial charge is 0.261 e. The van der Waals surface area contributed by atoms with Crippen LogP contribution in [0, 0.1) is 5.92 Å². The maximum absolute atomic E-state index is 12.3. The van der Waals surface area contributed by atoms with Crippen molar-refractivity contribution in [3.8, 4) is 0 Å². The van der Waals surface area contributed by atoms with Crippen molar-refractivity contribution in [1.29, 1.82) is 0 Å². The van der Waals surface area contributed by atoms with Crippen molar-refractivity contribution in [2.45, 2.75) is 33.2 Å². The van der Waals surface area contributed by atoms with Gasteiger partial charge in [0, 0.05) is 0 Å². The first kappa shape index (κ1) is 16.2. The van der Waals surface area contributed by atoms with Gasteiger partial charge in [0.05, 0.1) is 14.7 Å². The Hall–Kier alpha value is -1.13. The van der Waals surface area contributed by atoms with E-state index >= 15 is 0 Å². The summed E-state index contributed by atoms with van der Waals surface area (Å²) < 4.78 is 0.973. The second-order valence-corrected chi connectivity index (χ2v) is 7.86. The van der Waals surface area contributed by atoms with E-state index < -0.39 is 0 Å². The van der Waals surface area contributed by atoms with E-state index in [0.29, 0.717) is 5.92 Å². The number of thiophene rings is 1. The van der Waals surface area contributed by atoms with Crippen LogP contribution in [0.5, 0.6) is 0 Å². The fourth-order valence-corrected chi connectivity index (χ4v) is 3.53. The molecule has 0 fully saturated rings. The zero-order valence-electron chi connectivity index (χ0n) is 12.5. The lowest BCUT2D eigenvalue weighted by Gasteiger charge is -2.23. The summed E-state index contributed by atoms with van der Waals surface area (Å²) in [6.07, 6.45) is 1.03. The first-order chi connectivity index (χ1) is 10.0. The summed E-state index contributed by atoms with van der Waals surface area (Å²) in [6.45, 7) is 6.40. The number of carbonyl (C=O) groups is 1. The van der Waals surface area contributed by atoms with Gasteiger partial charge in [0.15, 0.2) is 0 Å². The van der Waals surface area contributed by atoms with Crippen LogP contribution in [0.2, 0.25) is 0 Å². The van der Waals surface area contributed by atoms with Crippen LogP contribution in [0.15, 0.2) is 40.2 Å². The van der Waals surface area contributed by atoms with Crippen molar-refractivity contribution in [3.63, 3.8) is 0 Å². The van der Waals surface area contributed by atoms with Crippen molar-refractivity contribution in [2.24, 2.45) is 5.92 Å². The molecule has 0 radical (unpaired) electrons. The standard InChI is InChI=1S/C17H20BrNOS/c1-4-12-5-7-13(8-6-12)16(11(2)3)19-17(20)14-9-10-15(18)21-14/h5-11,16H,4H2,1-3H3,(H,19,20). The van der Waals surface area contributed by atoms with Crippen LogP contribution < -0.4 is 5.32 Å². The van der Waals surface area contributed by atoms with Gasteiger partial charge in [-0.1, -0.05) is 45.0 Å². The Kier molecular flexibility index (Phi) is 5.59. The van der Waals surface area contributed by atoms with E-state index in [2.05, 4.69) is 66.3 Å². The molecule has 1 unspecified atom stereocenters. The monoisotopic (exact) mass is 365 g/mol. The summed E-state index contributed by atoms with van der Waals surface area (Å²) in [7, 11) is 0. The van der Waals surface area contributed by atoms with Gasteiger partial charge < -0.3 is 5.32 Å². The van der Waals surface area contributed by atoms with Crippen molar-refractivity contribution in [1.82, 2.24) is 5.32 Å². The minimum absolute atomic E-state index is 0.0102. The maximum atomic E-state index is 12.3. The highest BCUT2D eigenvalue weighted by atomic mass is 79.9. The molecule has 2 nitrogen and oxygen atoms in total. The van der Waals surface area contributed by atoms with Gasteiger partial charge in [-0.2, -0.15) is 0 Å². The average molecular weight is 366 g/mol. The van der Waals surface area contributed by atoms with Crippen molar-refractivity contribution in [2.75, 3.05) is 0 Å². The van der Waals surface area contributed by atoms with Crippen LogP contribution in [0.1, 0.15) is 47.6 Å². The first-order valence-corrected chi connectivity index (χ1v) is 8.77. The largest absolute Gasteiger partial charge is 0.344 e. The molecule has 0 spiro atoms. The molecule has 2 aromatic rings. The predicted molar refractivity (Wildman–Crippen MR) is 92.9 cm³/mol. The van der Waals surface area contributed by atoms with Gasteiger partial charge in [-0.3, -0.25) is 4.79 Å². The van der Waals surface area contributed by atoms with Crippen LogP contribution in [-0.4, -0.2) is 5.91 Å². The third kappa shape index (κ3) is 4.17. The Morgan fingerprint density at radius 1 is 1.19 bits per heavy atom. The fraction of sp³-hybridized carbons (Fsp3) is 0.353. The number of hydrogen-bond donors (Lipinski definition) is 1. The summed E-state index contributed by atoms with van der Waals surface area (Å²) in [4.78, 5) is 13.1. The van der Waals surface area contributed by atoms with Gasteiger partial charge in [0.1, 0.15) is 0 Å². The van der Waals surface area contributed by atoms with Crippen molar-refractivity contribution in [3.05, 3.63) is 56.2 Å². The Morgan fingerprint density at radius 3 is 2.33 bits per heavy atom. The van der Waals surface area contributed by atoms with E-state index in [0.717, 1.165) is 20.6 Å². The SMILES string of the molecule is CCc1ccc(C(NC(=O)c2ccc(Br)s2)C(C)C)cc1. The maximum Gasteiger partial charge on any atom is 0.261 e. The van der Waals surface area contributed by atoms with E-state index in [1.54, 1.807) is 0 Å². The molecule has 1 atom stereocenters. The van der Waals surface area contributed by atoms with Crippen LogP contribution in [0.4, 0.5) is 0 Å². The highest BCUT2D eigenvalue weighted by Crippen LogP contribution is 2.26. The molecule has 0 bridgehead atoms. The molecule has 0 aliphatic rings. The summed E-state index contributed by atoms with van der Waals surface area (Å²) >= 11 is 4.85. The number of hydrogen-bond acceptors (Lipinski definition) is 2. The Morgan fingerprint density at radius 2 is 1.86 bits per heavy atom. The Labute approximate surface area is 138 Å². The van der Waals surface area contributed by atoms with Crippen molar-refractivity contribution < 1.29 is 4.79 Å². The molecular weight excluding hydrogens is 346 g/mol. The molecule has 1 aromatic carbocycles. The van der Waals surface area contributed by atoms with E-state index in [-0.39, 0.29) is 11.9 Å². The average Bonchev–Trinajstić information content (AvgIpc) is 2.91. The van der Waals surface area contributed by atoms with E-state index in [4.69, 9.17) is 0 Å². The summed E-state index contributed by atoms with van der Waals surface area (Å²) in [5.41, 5.74) is 2.47. The van der Waals surface area contributed by atoms with E-state index in [9.17, 15) is 4.79 Å². The molecule has 1 amide bonds. The summed E-state index contributed by atoms with van der Waals surface area (Å²) in [5.74, 6) is 0.328. The second kappa shape index (κ2) is 7.23. The molecule has 0 saturated carbocycles. The van der Waals surface area contributed by atoms with Gasteiger partial charge >= 0.3 is 0 Å². The zero-order chi connectivity index (χ0) is 15.4. The highest BCUT2D eigenvalue weighted by Gasteiger charge is 2.19. The van der Waals surface area contributed by atoms with Gasteiger partial charge in [-0.15, -0.1) is 11.3 Å². The van der Waals surface area contributed by atoms with Crippen LogP contribution >= 0.6 is 27.3 Å². The molecule has 4 heteroatoms. The van der Waals surface area contributed by atoms with E-state index in [1.807, 2.05) is 12.1 Å². The molecule has 1 aromatic heterocycles. The molecule has 112 valence electrons. The molecule has 1 heterocycles. The minimum atomic E-state index is -0.0102. The second-order valence-electron chi connectivity index (χ2n) is 5.39. The number of benzene rings is 1. The lowest BCUT2D eigenvalue weighted by atomic mass is 9.95. The number of carbonyl (C=O) groups excluding carboxylic acids is 1. The third-order valence-electron chi connectivity index (χ3n) is 3.50. The fourth-order valence-electron chi connectivity index (χ4n) is 2.24. The number of rotatable bonds is 5. The molecule has 0 aliphatic carbocycles. The van der Waals surface area contributed by atoms with Crippen molar-refractivity contribution >= 4 is 33.2 Å². The zero-order valence-corrected chi connectivity index (χ0v) is 14.9. The Balaban J connectivity index is 2.16. The normalized spacial score (nSPS) is 12.4. The number of amides is 1. The predicted octanol–water partition coefficient (Wildman–Crippen LogP) is 5.20. The number of halogens is 1. The molecular formula is C17H20BrNOS. The summed E-state index contributed by atoms with van der Waals surface area (Å²) in [6, 6.07) is 12.3. The van der Waals surface area contributed by atoms with Gasteiger partial charge in [0.2, 0.25) is 0 Å². The van der Waals surface area contributed by atoms with Crippen LogP contribution in [-0.2, 0) is 6.42 Å². The molecule has 1 N–H and O–H groups in total. The molecule has 2 rings (SSSR count). The highest BCUT2D eigenvalue weighted by molar-refractivity contribution is 9.11. The van der Waals surface area contributed by atoms with Gasteiger partial charge in [-0.05, 0) is 51.5 Å². The number of nitrogens with one attached hydrogen (secondary N) is 1. The topological polar surface area (TPSA) is 29.1 Å². The third-order valence-corrected chi connectivity index (χ3v) is 5.12. The molecule has 0 saturated heterocycles. The van der Waals surface area contributed by atoms with Gasteiger partial charge in [-0.25, -0.2) is 0 Å².